The summed E-state index contributed by atoms with van der Waals surface area (Å²) in [4.78, 5) is 0. The summed E-state index contributed by atoms with van der Waals surface area (Å²) in [6.07, 6.45) is -19.9. The fraction of sp³-hybridized carbons (Fsp3) is 0.957. The van der Waals surface area contributed by atoms with Gasteiger partial charge in [-0.3, -0.25) is 0 Å². The topological polar surface area (TPSA) is 318 Å². The highest BCUT2D eigenvalue weighted by atomic mass is 16.8. The van der Waals surface area contributed by atoms with Crippen LogP contribution in [0, 0.1) is 51.8 Å². The van der Waals surface area contributed by atoms with Gasteiger partial charge in [-0.15, -0.1) is 0 Å². The lowest BCUT2D eigenvalue weighted by Gasteiger charge is -2.68. The lowest BCUT2D eigenvalue weighted by atomic mass is 9.39. The van der Waals surface area contributed by atoms with Crippen LogP contribution in [0.2, 0.25) is 0 Å². The average Bonchev–Trinajstić information content (AvgIpc) is 3.65. The highest BCUT2D eigenvalue weighted by Crippen LogP contribution is 2.72. The largest absolute Gasteiger partial charge is 0.394 e. The Balaban J connectivity index is 1.26. The first-order chi connectivity index (χ1) is 30.8. The van der Waals surface area contributed by atoms with Crippen molar-refractivity contribution in [2.45, 2.75) is 216 Å². The van der Waals surface area contributed by atoms with Crippen LogP contribution >= 0.6 is 0 Å². The molecule has 382 valence electrons. The molecule has 0 bridgehead atoms. The Hall–Kier alpha value is -1.02. The molecule has 19 heteroatoms. The predicted molar refractivity (Wildman–Crippen MR) is 230 cm³/mol. The number of aliphatic hydroxyl groups is 13. The summed E-state index contributed by atoms with van der Waals surface area (Å²) in [6.45, 7) is 13.9. The summed E-state index contributed by atoms with van der Waals surface area (Å²) < 4.78 is 37.6. The molecule has 13 N–H and O–H groups in total. The molecule has 0 aromatic heterocycles. The molecule has 3 heterocycles. The summed E-state index contributed by atoms with van der Waals surface area (Å²) in [5.74, 6) is -1.70. The van der Waals surface area contributed by atoms with E-state index in [1.807, 2.05) is 27.7 Å². The van der Waals surface area contributed by atoms with Crippen LogP contribution < -0.4 is 0 Å². The maximum atomic E-state index is 12.6. The van der Waals surface area contributed by atoms with Gasteiger partial charge in [-0.2, -0.15) is 0 Å². The third-order valence-electron chi connectivity index (χ3n) is 18.0. The van der Waals surface area contributed by atoms with Crippen LogP contribution in [-0.4, -0.2) is 202 Å². The number of hydrogen-bond donors (Lipinski definition) is 13. The summed E-state index contributed by atoms with van der Waals surface area (Å²) in [6, 6.07) is 0. The average molecular weight is 949 g/mol. The van der Waals surface area contributed by atoms with Gasteiger partial charge >= 0.3 is 0 Å². The molecule has 0 radical (unpaired) electrons. The van der Waals surface area contributed by atoms with E-state index in [-0.39, 0.29) is 23.7 Å². The zero-order valence-electron chi connectivity index (χ0n) is 39.5. The first-order valence-corrected chi connectivity index (χ1v) is 24.1. The lowest BCUT2D eigenvalue weighted by molar-refractivity contribution is -0.379. The van der Waals surface area contributed by atoms with Gasteiger partial charge in [0.25, 0.3) is 0 Å². The monoisotopic (exact) mass is 949 g/mol. The standard InChI is InChI=1S/C47H80O19/c1-19(2)24(50)10-14-47(8,66-42-38(60)35(57)32(54)27(17-48)63-42)21-9-12-45(6)23-16-26(40-44(4,5)29(52)11-13-46(40,7)22(23)15-25(51)30(21)45)62-43-39(36(58)33(55)28(18-49)64-43)65-41-37(59)34(56)31(53)20(3)61-41/h10,14,19-43,48-60H,9,11-13,15-18H2,1-8H3/b14-10+/t20-,21-,22-,23?,24?,25+,26-,27+,28+,29-,30-,31-,32+,33+,34+,35-,36-,37+,38+,39+,40-,41-,42-,43+,45-,46+,47-/m0/s1. The van der Waals surface area contributed by atoms with Crippen LogP contribution in [0.25, 0.3) is 0 Å². The second-order valence-corrected chi connectivity index (χ2v) is 22.5. The van der Waals surface area contributed by atoms with Crippen molar-refractivity contribution < 1.29 is 94.8 Å². The van der Waals surface area contributed by atoms with Crippen molar-refractivity contribution in [2.24, 2.45) is 51.8 Å². The zero-order chi connectivity index (χ0) is 48.7. The molecule has 27 atom stereocenters. The van der Waals surface area contributed by atoms with Gasteiger partial charge in [-0.05, 0) is 104 Å². The smallest absolute Gasteiger partial charge is 0.187 e. The SMILES string of the molecule is CC(C)C(O)/C=C/[C@](C)(O[C@@H]1O[C@H](CO)[C@@H](O)[C@H](O)[C@H]1O)[C@H]1CC[C@@]2(C)C3C[C@H](O[C@@H]4O[C@H](CO)[C@@H](O)[C@H](O)[C@H]4O[C@@H]4O[C@@H](C)[C@H](O)[C@@H](O)[C@H]4O)[C@H]4C(C)(C)[C@@H](O)CC[C@]4(C)[C@H]3C[C@@H](O)[C@H]12. The second-order valence-electron chi connectivity index (χ2n) is 22.5. The second kappa shape index (κ2) is 19.5. The first-order valence-electron chi connectivity index (χ1n) is 24.1. The Kier molecular flexibility index (Phi) is 15.6. The van der Waals surface area contributed by atoms with Crippen molar-refractivity contribution in [3.05, 3.63) is 12.2 Å². The van der Waals surface area contributed by atoms with Crippen molar-refractivity contribution in [3.8, 4) is 0 Å². The van der Waals surface area contributed by atoms with Crippen LogP contribution in [0.15, 0.2) is 12.2 Å². The van der Waals surface area contributed by atoms with Crippen molar-refractivity contribution in [1.29, 1.82) is 0 Å². The number of hydrogen-bond acceptors (Lipinski definition) is 19. The summed E-state index contributed by atoms with van der Waals surface area (Å²) in [7, 11) is 0. The molecule has 0 amide bonds. The quantitative estimate of drug-likeness (QED) is 0.0775. The number of aliphatic hydroxyl groups excluding tert-OH is 13. The van der Waals surface area contributed by atoms with Crippen molar-refractivity contribution in [3.63, 3.8) is 0 Å². The molecular weight excluding hydrogens is 868 g/mol. The normalized spacial score (nSPS) is 53.2. The van der Waals surface area contributed by atoms with E-state index < -0.39 is 163 Å². The molecule has 7 rings (SSSR count). The summed E-state index contributed by atoms with van der Waals surface area (Å²) in [5.41, 5.74) is -3.29. The molecule has 3 aliphatic heterocycles. The van der Waals surface area contributed by atoms with E-state index in [0.29, 0.717) is 38.5 Å². The molecule has 66 heavy (non-hydrogen) atoms. The molecule has 19 nitrogen and oxygen atoms in total. The Morgan fingerprint density at radius 3 is 1.85 bits per heavy atom. The fourth-order valence-electron chi connectivity index (χ4n) is 14.1. The van der Waals surface area contributed by atoms with Gasteiger partial charge in [0.05, 0.1) is 49.3 Å². The fourth-order valence-corrected chi connectivity index (χ4v) is 14.1. The van der Waals surface area contributed by atoms with Crippen LogP contribution in [0.1, 0.15) is 93.9 Å². The molecular formula is C47H80O19. The first kappa shape index (κ1) is 52.8. The molecule has 2 unspecified atom stereocenters. The van der Waals surface area contributed by atoms with Crippen LogP contribution in [0.4, 0.5) is 0 Å². The Morgan fingerprint density at radius 2 is 1.23 bits per heavy atom. The third-order valence-corrected chi connectivity index (χ3v) is 18.0. The third kappa shape index (κ3) is 9.00. The predicted octanol–water partition coefficient (Wildman–Crippen LogP) is -1.59. The molecule has 4 aliphatic carbocycles. The van der Waals surface area contributed by atoms with Gasteiger partial charge in [0.1, 0.15) is 67.1 Å². The van der Waals surface area contributed by atoms with Crippen LogP contribution in [-0.2, 0) is 28.4 Å². The molecule has 0 aromatic rings. The van der Waals surface area contributed by atoms with E-state index in [1.165, 1.54) is 6.92 Å². The van der Waals surface area contributed by atoms with E-state index in [0.717, 1.165) is 0 Å². The van der Waals surface area contributed by atoms with E-state index in [1.54, 1.807) is 19.1 Å². The van der Waals surface area contributed by atoms with Gasteiger partial charge < -0.3 is 94.8 Å². The van der Waals surface area contributed by atoms with Crippen molar-refractivity contribution >= 4 is 0 Å². The maximum Gasteiger partial charge on any atom is 0.187 e. The number of fused-ring (bicyclic) bond motifs is 5. The van der Waals surface area contributed by atoms with Gasteiger partial charge in [0, 0.05) is 0 Å². The summed E-state index contributed by atoms with van der Waals surface area (Å²) in [5, 5.41) is 143. The summed E-state index contributed by atoms with van der Waals surface area (Å²) >= 11 is 0. The Bertz CT molecular complexity index is 1670. The van der Waals surface area contributed by atoms with Crippen LogP contribution in [0.3, 0.4) is 0 Å². The zero-order valence-corrected chi connectivity index (χ0v) is 39.5. The van der Waals surface area contributed by atoms with Crippen molar-refractivity contribution in [1.82, 2.24) is 0 Å². The highest BCUT2D eigenvalue weighted by Gasteiger charge is 2.70. The van der Waals surface area contributed by atoms with Crippen molar-refractivity contribution in [2.75, 3.05) is 13.2 Å². The van der Waals surface area contributed by atoms with E-state index in [4.69, 9.17) is 28.4 Å². The van der Waals surface area contributed by atoms with Crippen LogP contribution in [0.5, 0.6) is 0 Å². The van der Waals surface area contributed by atoms with Gasteiger partial charge in [-0.1, -0.05) is 53.7 Å². The molecule has 3 saturated heterocycles. The Morgan fingerprint density at radius 1 is 0.667 bits per heavy atom. The minimum absolute atomic E-state index is 0.0860. The molecule has 4 saturated carbocycles. The highest BCUT2D eigenvalue weighted by molar-refractivity contribution is 5.20. The minimum Gasteiger partial charge on any atom is -0.394 e. The molecule has 7 fully saturated rings. The maximum absolute atomic E-state index is 12.6. The molecule has 7 aliphatic rings. The lowest BCUT2D eigenvalue weighted by Crippen LogP contribution is -2.68. The Labute approximate surface area is 387 Å². The number of ether oxygens (including phenoxy) is 6. The molecule has 0 spiro atoms. The van der Waals surface area contributed by atoms with E-state index in [2.05, 4.69) is 13.8 Å². The van der Waals surface area contributed by atoms with Gasteiger partial charge in [-0.25, -0.2) is 0 Å². The molecule has 0 aromatic carbocycles. The number of rotatable bonds is 12. The van der Waals surface area contributed by atoms with E-state index in [9.17, 15) is 66.4 Å². The van der Waals surface area contributed by atoms with Gasteiger partial charge in [0.2, 0.25) is 0 Å². The van der Waals surface area contributed by atoms with E-state index >= 15 is 0 Å². The minimum atomic E-state index is -1.76. The van der Waals surface area contributed by atoms with Gasteiger partial charge in [0.15, 0.2) is 18.9 Å².